The Kier molecular flexibility index (Phi) is 12.0. The highest BCUT2D eigenvalue weighted by atomic mass is 28.4. The number of rotatable bonds is 13. The van der Waals surface area contributed by atoms with Gasteiger partial charge < -0.3 is 23.4 Å². The molecule has 3 saturated carbocycles. The zero-order valence-corrected chi connectivity index (χ0v) is 32.1. The number of carbonyl (C=O) groups is 2. The van der Waals surface area contributed by atoms with Crippen molar-refractivity contribution in [3.63, 3.8) is 0 Å². The van der Waals surface area contributed by atoms with Crippen molar-refractivity contribution in [1.29, 1.82) is 0 Å². The van der Waals surface area contributed by atoms with E-state index in [1.165, 1.54) is 26.2 Å². The van der Waals surface area contributed by atoms with Crippen LogP contribution in [0.25, 0.3) is 0 Å². The highest BCUT2D eigenvalue weighted by molar-refractivity contribution is 6.73. The van der Waals surface area contributed by atoms with Crippen LogP contribution in [0.3, 0.4) is 0 Å². The van der Waals surface area contributed by atoms with Crippen LogP contribution >= 0.6 is 0 Å². The molecule has 0 saturated heterocycles. The van der Waals surface area contributed by atoms with E-state index in [4.69, 9.17) is 23.4 Å². The molecule has 4 aliphatic carbocycles. The van der Waals surface area contributed by atoms with Gasteiger partial charge in [-0.2, -0.15) is 0 Å². The molecule has 48 heavy (non-hydrogen) atoms. The van der Waals surface area contributed by atoms with E-state index < -0.39 is 43.9 Å². The lowest BCUT2D eigenvalue weighted by molar-refractivity contribution is -0.0827. The zero-order valence-electron chi connectivity index (χ0n) is 31.1. The van der Waals surface area contributed by atoms with E-state index in [1.54, 1.807) is 0 Å². The van der Waals surface area contributed by atoms with Gasteiger partial charge >= 0.3 is 12.3 Å². The smallest absolute Gasteiger partial charge is 0.438 e. The van der Waals surface area contributed by atoms with Crippen molar-refractivity contribution in [2.45, 2.75) is 123 Å². The summed E-state index contributed by atoms with van der Waals surface area (Å²) >= 11 is 0. The van der Waals surface area contributed by atoms with Crippen molar-refractivity contribution in [3.05, 3.63) is 60.8 Å². The first-order valence-electron chi connectivity index (χ1n) is 18.3. The van der Waals surface area contributed by atoms with Crippen molar-refractivity contribution in [2.24, 2.45) is 40.4 Å². The van der Waals surface area contributed by atoms with Crippen LogP contribution in [-0.2, 0) is 23.4 Å². The van der Waals surface area contributed by atoms with Gasteiger partial charge in [-0.25, -0.2) is 9.59 Å². The van der Waals surface area contributed by atoms with Crippen LogP contribution < -0.4 is 0 Å². The number of fused-ring (bicyclic) bond motifs is 5. The lowest BCUT2D eigenvalue weighted by atomic mass is 9.49. The topological polar surface area (TPSA) is 80.3 Å². The summed E-state index contributed by atoms with van der Waals surface area (Å²) in [7, 11) is 0.748. The summed E-state index contributed by atoms with van der Waals surface area (Å²) in [5.74, 6) is 1.79. The second-order valence-electron chi connectivity index (χ2n) is 15.3. The fraction of sp³-hybridized carbons (Fsp3) is 0.700. The molecule has 3 fully saturated rings. The van der Waals surface area contributed by atoms with Gasteiger partial charge in [0.15, 0.2) is 8.32 Å². The molecule has 4 aliphatic rings. The summed E-state index contributed by atoms with van der Waals surface area (Å²) in [6, 6.07) is 3.26. The first kappa shape index (κ1) is 38.2. The molecule has 0 radical (unpaired) electrons. The minimum atomic E-state index is -1.89. The fourth-order valence-electron chi connectivity index (χ4n) is 10.1. The van der Waals surface area contributed by atoms with Gasteiger partial charge in [0.2, 0.25) is 0 Å². The molecule has 0 heterocycles. The second-order valence-corrected chi connectivity index (χ2v) is 20.0. The molecule has 7 nitrogen and oxygen atoms in total. The van der Waals surface area contributed by atoms with Crippen molar-refractivity contribution in [2.75, 3.05) is 14.2 Å². The molecule has 0 bridgehead atoms. The van der Waals surface area contributed by atoms with Gasteiger partial charge in [-0.15, -0.1) is 0 Å². The number of ether oxygens (including phenoxy) is 4. The van der Waals surface area contributed by atoms with Crippen LogP contribution in [0, 0.1) is 40.4 Å². The summed E-state index contributed by atoms with van der Waals surface area (Å²) < 4.78 is 28.3. The van der Waals surface area contributed by atoms with E-state index in [1.807, 2.05) is 12.2 Å². The summed E-state index contributed by atoms with van der Waals surface area (Å²) in [4.78, 5) is 24.5. The van der Waals surface area contributed by atoms with Crippen LogP contribution in [0.2, 0.25) is 18.1 Å². The number of allylic oxidation sites excluding steroid dienone is 4. The summed E-state index contributed by atoms with van der Waals surface area (Å²) in [5.41, 5.74) is 1.84. The molecule has 0 aromatic heterocycles. The maximum atomic E-state index is 12.5. The minimum absolute atomic E-state index is 0.127. The minimum Gasteiger partial charge on any atom is -0.438 e. The van der Waals surface area contributed by atoms with Crippen LogP contribution in [0.4, 0.5) is 9.59 Å². The Labute approximate surface area is 291 Å². The Hall–Kier alpha value is -2.58. The zero-order chi connectivity index (χ0) is 35.5. The molecular formula is C40H62O7Si. The number of hydrogen-bond acceptors (Lipinski definition) is 7. The quantitative estimate of drug-likeness (QED) is 0.109. The number of hydrogen-bond donors (Lipinski definition) is 0. The highest BCUT2D eigenvalue weighted by Gasteiger charge is 2.60. The largest absolute Gasteiger partial charge is 0.508 e. The SMILES string of the molecule is C=CC(C=C)(O[Si](CC)(CC)CC)[C@H](C)/C=C/[C@@H](C)[C@H]1CC[C@H]2C3=CC=C4C[C@@H](OC(=O)OC)C[C@H](OC(=O)OC)[C@]4(C)[C@H]3CC[C@]12C. The van der Waals surface area contributed by atoms with Crippen LogP contribution in [-0.4, -0.2) is 52.7 Å². The van der Waals surface area contributed by atoms with Crippen LogP contribution in [0.5, 0.6) is 0 Å². The average molecular weight is 683 g/mol. The summed E-state index contributed by atoms with van der Waals surface area (Å²) in [6.07, 6.45) is 16.4. The number of carbonyl (C=O) groups excluding carboxylic acids is 2. The molecule has 8 heteroatoms. The third-order valence-corrected chi connectivity index (χ3v) is 18.2. The van der Waals surface area contributed by atoms with Crippen molar-refractivity contribution in [3.8, 4) is 0 Å². The molecular weight excluding hydrogens is 621 g/mol. The Bertz CT molecular complexity index is 1280. The molecule has 268 valence electrons. The lowest BCUT2D eigenvalue weighted by Gasteiger charge is -2.57. The van der Waals surface area contributed by atoms with Crippen molar-refractivity contribution < 1.29 is 33.0 Å². The van der Waals surface area contributed by atoms with Gasteiger partial charge in [-0.1, -0.05) is 109 Å². The Morgan fingerprint density at radius 3 is 2.15 bits per heavy atom. The van der Waals surface area contributed by atoms with Gasteiger partial charge in [0.1, 0.15) is 12.2 Å². The lowest BCUT2D eigenvalue weighted by Crippen LogP contribution is -2.54. The van der Waals surface area contributed by atoms with Gasteiger partial charge in [-0.3, -0.25) is 0 Å². The maximum absolute atomic E-state index is 12.5. The molecule has 0 aliphatic heterocycles. The van der Waals surface area contributed by atoms with Gasteiger partial charge in [0, 0.05) is 24.2 Å². The number of methoxy groups -OCH3 is 2. The van der Waals surface area contributed by atoms with E-state index >= 15 is 0 Å². The maximum Gasteiger partial charge on any atom is 0.508 e. The van der Waals surface area contributed by atoms with Gasteiger partial charge in [0.25, 0.3) is 0 Å². The monoisotopic (exact) mass is 682 g/mol. The predicted molar refractivity (Wildman–Crippen MR) is 194 cm³/mol. The molecule has 0 amide bonds. The molecule has 9 atom stereocenters. The molecule has 0 N–H and O–H groups in total. The predicted octanol–water partition coefficient (Wildman–Crippen LogP) is 10.4. The molecule has 0 unspecified atom stereocenters. The van der Waals surface area contributed by atoms with Crippen LogP contribution in [0.1, 0.15) is 87.0 Å². The second kappa shape index (κ2) is 15.1. The fourth-order valence-corrected chi connectivity index (χ4v) is 13.2. The van der Waals surface area contributed by atoms with Crippen LogP contribution in [0.15, 0.2) is 60.8 Å². The highest BCUT2D eigenvalue weighted by Crippen LogP contribution is 2.66. The first-order valence-corrected chi connectivity index (χ1v) is 20.9. The van der Waals surface area contributed by atoms with E-state index in [0.29, 0.717) is 30.6 Å². The van der Waals surface area contributed by atoms with E-state index in [9.17, 15) is 9.59 Å². The van der Waals surface area contributed by atoms with Crippen molar-refractivity contribution in [1.82, 2.24) is 0 Å². The van der Waals surface area contributed by atoms with Gasteiger partial charge in [-0.05, 0) is 72.9 Å². The summed E-state index contributed by atoms with van der Waals surface area (Å²) in [6.45, 7) is 24.6. The molecule has 0 spiro atoms. The van der Waals surface area contributed by atoms with Gasteiger partial charge in [0.05, 0.1) is 19.8 Å². The average Bonchev–Trinajstić information content (AvgIpc) is 3.45. The summed E-state index contributed by atoms with van der Waals surface area (Å²) in [5, 5.41) is 0. The Morgan fingerprint density at radius 2 is 1.56 bits per heavy atom. The van der Waals surface area contributed by atoms with E-state index in [0.717, 1.165) is 43.0 Å². The third kappa shape index (κ3) is 6.77. The Balaban J connectivity index is 1.58. The van der Waals surface area contributed by atoms with E-state index in [-0.39, 0.29) is 17.3 Å². The first-order chi connectivity index (χ1) is 22.8. The Morgan fingerprint density at radius 1 is 0.938 bits per heavy atom. The standard InChI is InChI=1S/C40H62O7Si/c1-12-40(13-2,47-48(14-3,15-4)16-5)28(7)18-17-27(6)32-21-22-33-31-20-19-29-25-30(45-36(41)43-10)26-35(46-37(42)44-11)39(29,9)34(31)23-24-38(32,33)8/h12-13,17-20,27-28,30,32-35H,1-2,14-16,21-26H2,3-11H3/b18-17+/t27-,28-,30-,32-,33+,34+,35+,38-,39+/m1/s1. The normalized spacial score (nSPS) is 32.8. The molecule has 4 rings (SSSR count). The van der Waals surface area contributed by atoms with E-state index in [2.05, 4.69) is 85.9 Å². The molecule has 0 aromatic rings. The van der Waals surface area contributed by atoms with Crippen molar-refractivity contribution >= 4 is 20.6 Å². The third-order valence-electron chi connectivity index (χ3n) is 13.5. The molecule has 0 aromatic carbocycles.